The summed E-state index contributed by atoms with van der Waals surface area (Å²) in [7, 11) is 1.56. The molecule has 1 amide bonds. The van der Waals surface area contributed by atoms with Gasteiger partial charge in [0.2, 0.25) is 5.88 Å². The number of H-pyrrole nitrogens is 1. The number of fused-ring (bicyclic) bond motifs is 1. The number of halogens is 1. The number of hydrogen-bond donors (Lipinski definition) is 2. The summed E-state index contributed by atoms with van der Waals surface area (Å²) in [5, 5.41) is 0.882. The molecule has 2 heterocycles. The van der Waals surface area contributed by atoms with E-state index in [1.165, 1.54) is 0 Å². The number of aromatic nitrogens is 2. The number of nitrogens with one attached hydrogen (secondary N) is 1. The zero-order chi connectivity index (χ0) is 15.0. The Hall–Kier alpha value is -2.34. The molecule has 3 aromatic rings. The molecular formula is C15H12BrN3O2. The molecule has 3 rings (SSSR count). The fourth-order valence-corrected chi connectivity index (χ4v) is 2.75. The Bertz CT molecular complexity index is 842. The van der Waals surface area contributed by atoms with Crippen LogP contribution in [0.15, 0.2) is 41.1 Å². The maximum atomic E-state index is 11.7. The predicted octanol–water partition coefficient (Wildman–Crippen LogP) is 3.10. The highest BCUT2D eigenvalue weighted by Crippen LogP contribution is 2.34. The molecule has 0 aliphatic heterocycles. The third-order valence-corrected chi connectivity index (χ3v) is 3.94. The number of carbonyl (C=O) groups is 1. The molecule has 0 spiro atoms. The number of benzene rings is 1. The molecular weight excluding hydrogens is 334 g/mol. The van der Waals surface area contributed by atoms with Crippen molar-refractivity contribution in [3.8, 4) is 17.0 Å². The van der Waals surface area contributed by atoms with E-state index in [9.17, 15) is 4.79 Å². The van der Waals surface area contributed by atoms with Crippen LogP contribution in [0.3, 0.4) is 0 Å². The lowest BCUT2D eigenvalue weighted by molar-refractivity contribution is 0.100. The van der Waals surface area contributed by atoms with Crippen molar-refractivity contribution in [1.82, 2.24) is 9.97 Å². The van der Waals surface area contributed by atoms with Gasteiger partial charge in [-0.25, -0.2) is 4.98 Å². The summed E-state index contributed by atoms with van der Waals surface area (Å²) >= 11 is 3.46. The van der Waals surface area contributed by atoms with Crippen LogP contribution in [0.2, 0.25) is 0 Å². The Morgan fingerprint density at radius 1 is 1.43 bits per heavy atom. The number of pyridine rings is 1. The van der Waals surface area contributed by atoms with E-state index < -0.39 is 5.91 Å². The Morgan fingerprint density at radius 3 is 2.95 bits per heavy atom. The Morgan fingerprint density at radius 2 is 2.24 bits per heavy atom. The zero-order valence-electron chi connectivity index (χ0n) is 11.2. The first-order chi connectivity index (χ1) is 10.1. The fourth-order valence-electron chi connectivity index (χ4n) is 2.32. The average Bonchev–Trinajstić information content (AvgIpc) is 2.87. The molecule has 0 aliphatic rings. The van der Waals surface area contributed by atoms with Gasteiger partial charge in [-0.15, -0.1) is 0 Å². The summed E-state index contributed by atoms with van der Waals surface area (Å²) in [6.07, 6.45) is 3.43. The number of hydrogen-bond acceptors (Lipinski definition) is 3. The van der Waals surface area contributed by atoms with Crippen molar-refractivity contribution in [3.05, 3.63) is 46.7 Å². The first-order valence-corrected chi connectivity index (χ1v) is 7.01. The van der Waals surface area contributed by atoms with Crippen molar-refractivity contribution in [1.29, 1.82) is 0 Å². The van der Waals surface area contributed by atoms with E-state index in [0.29, 0.717) is 17.0 Å². The van der Waals surface area contributed by atoms with Crippen LogP contribution in [0.4, 0.5) is 0 Å². The monoisotopic (exact) mass is 345 g/mol. The molecule has 2 aromatic heterocycles. The highest BCUT2D eigenvalue weighted by atomic mass is 79.9. The van der Waals surface area contributed by atoms with E-state index in [1.54, 1.807) is 25.6 Å². The molecule has 0 saturated carbocycles. The van der Waals surface area contributed by atoms with E-state index in [2.05, 4.69) is 25.9 Å². The first kappa shape index (κ1) is 13.6. The van der Waals surface area contributed by atoms with Gasteiger partial charge in [-0.2, -0.15) is 0 Å². The molecule has 0 unspecified atom stereocenters. The second-order valence-corrected chi connectivity index (χ2v) is 5.36. The number of carbonyl (C=O) groups excluding carboxylic acids is 1. The van der Waals surface area contributed by atoms with E-state index in [4.69, 9.17) is 10.5 Å². The van der Waals surface area contributed by atoms with Gasteiger partial charge in [0.25, 0.3) is 5.91 Å². The van der Waals surface area contributed by atoms with Gasteiger partial charge in [-0.3, -0.25) is 4.79 Å². The van der Waals surface area contributed by atoms with Crippen molar-refractivity contribution in [2.75, 3.05) is 7.11 Å². The molecule has 1 aromatic carbocycles. The minimum absolute atomic E-state index is 0.430. The molecule has 0 fully saturated rings. The molecule has 0 radical (unpaired) electrons. The minimum Gasteiger partial charge on any atom is -0.481 e. The number of amides is 1. The lowest BCUT2D eigenvalue weighted by atomic mass is 10.0. The molecule has 6 heteroatoms. The van der Waals surface area contributed by atoms with Gasteiger partial charge >= 0.3 is 0 Å². The van der Waals surface area contributed by atoms with Gasteiger partial charge in [-0.1, -0.05) is 0 Å². The van der Waals surface area contributed by atoms with E-state index in [0.717, 1.165) is 21.0 Å². The third-order valence-electron chi connectivity index (χ3n) is 3.28. The molecule has 0 atom stereocenters. The second-order valence-electron chi connectivity index (χ2n) is 4.51. The Labute approximate surface area is 129 Å². The quantitative estimate of drug-likeness (QED) is 0.765. The van der Waals surface area contributed by atoms with Gasteiger partial charge in [0.15, 0.2) is 0 Å². The minimum atomic E-state index is -0.487. The lowest BCUT2D eigenvalue weighted by Gasteiger charge is -2.09. The number of aromatic amines is 1. The molecule has 0 saturated heterocycles. The standard InChI is InChI=1S/C15H12BrN3O2/c1-21-15-9(3-2-4-18-15)8-5-10-12(16)7-19-13(10)11(6-8)14(17)20/h2-7,19H,1H3,(H2,17,20). The normalized spacial score (nSPS) is 10.8. The third kappa shape index (κ3) is 2.27. The van der Waals surface area contributed by atoms with Crippen LogP contribution in [0.25, 0.3) is 22.0 Å². The maximum absolute atomic E-state index is 11.7. The van der Waals surface area contributed by atoms with Crippen molar-refractivity contribution >= 4 is 32.7 Å². The molecule has 5 nitrogen and oxygen atoms in total. The van der Waals surface area contributed by atoms with Crippen LogP contribution in [0.5, 0.6) is 5.88 Å². The summed E-state index contributed by atoms with van der Waals surface area (Å²) in [5.41, 5.74) is 8.25. The first-order valence-electron chi connectivity index (χ1n) is 6.21. The second kappa shape index (κ2) is 5.21. The van der Waals surface area contributed by atoms with E-state index in [1.807, 2.05) is 18.2 Å². The molecule has 21 heavy (non-hydrogen) atoms. The summed E-state index contributed by atoms with van der Waals surface area (Å²) < 4.78 is 6.14. The van der Waals surface area contributed by atoms with Gasteiger partial charge in [0.05, 0.1) is 18.2 Å². The number of methoxy groups -OCH3 is 1. The zero-order valence-corrected chi connectivity index (χ0v) is 12.8. The summed E-state index contributed by atoms with van der Waals surface area (Å²) in [6.45, 7) is 0. The van der Waals surface area contributed by atoms with Crippen LogP contribution < -0.4 is 10.5 Å². The Kier molecular flexibility index (Phi) is 3.39. The van der Waals surface area contributed by atoms with Crippen LogP contribution in [0, 0.1) is 0 Å². The van der Waals surface area contributed by atoms with Gasteiger partial charge < -0.3 is 15.5 Å². The van der Waals surface area contributed by atoms with Crippen molar-refractivity contribution < 1.29 is 9.53 Å². The van der Waals surface area contributed by atoms with Crippen LogP contribution in [-0.2, 0) is 0 Å². The highest BCUT2D eigenvalue weighted by molar-refractivity contribution is 9.10. The van der Waals surface area contributed by atoms with Crippen LogP contribution in [-0.4, -0.2) is 23.0 Å². The number of ether oxygens (including phenoxy) is 1. The van der Waals surface area contributed by atoms with Crippen molar-refractivity contribution in [2.24, 2.45) is 5.73 Å². The Balaban J connectivity index is 2.33. The SMILES string of the molecule is COc1ncccc1-c1cc(C(N)=O)c2[nH]cc(Br)c2c1. The predicted molar refractivity (Wildman–Crippen MR) is 84.3 cm³/mol. The topological polar surface area (TPSA) is 81.0 Å². The van der Waals surface area contributed by atoms with Crippen LogP contribution in [0.1, 0.15) is 10.4 Å². The van der Waals surface area contributed by atoms with Gasteiger partial charge in [-0.05, 0) is 45.8 Å². The smallest absolute Gasteiger partial charge is 0.250 e. The number of primary amides is 1. The summed E-state index contributed by atoms with van der Waals surface area (Å²) in [4.78, 5) is 18.9. The largest absolute Gasteiger partial charge is 0.481 e. The fraction of sp³-hybridized carbons (Fsp3) is 0.0667. The van der Waals surface area contributed by atoms with Crippen molar-refractivity contribution in [2.45, 2.75) is 0 Å². The van der Waals surface area contributed by atoms with E-state index in [-0.39, 0.29) is 0 Å². The average molecular weight is 346 g/mol. The van der Waals surface area contributed by atoms with E-state index >= 15 is 0 Å². The van der Waals surface area contributed by atoms with Crippen LogP contribution >= 0.6 is 15.9 Å². The lowest BCUT2D eigenvalue weighted by Crippen LogP contribution is -2.11. The van der Waals surface area contributed by atoms with Crippen molar-refractivity contribution in [3.63, 3.8) is 0 Å². The highest BCUT2D eigenvalue weighted by Gasteiger charge is 2.15. The molecule has 106 valence electrons. The van der Waals surface area contributed by atoms with Gasteiger partial charge in [0, 0.05) is 27.8 Å². The summed E-state index contributed by atoms with van der Waals surface area (Å²) in [6, 6.07) is 7.41. The number of nitrogens with zero attached hydrogens (tertiary/aromatic N) is 1. The molecule has 0 bridgehead atoms. The maximum Gasteiger partial charge on any atom is 0.250 e. The van der Waals surface area contributed by atoms with Gasteiger partial charge in [0.1, 0.15) is 0 Å². The number of rotatable bonds is 3. The molecule has 0 aliphatic carbocycles. The summed E-state index contributed by atoms with van der Waals surface area (Å²) in [5.74, 6) is 0.0120. The molecule has 3 N–H and O–H groups in total. The number of nitrogens with two attached hydrogens (primary N) is 1.